The van der Waals surface area contributed by atoms with Gasteiger partial charge in [0.05, 0.1) is 21.5 Å². The number of rotatable bonds is 13. The van der Waals surface area contributed by atoms with E-state index in [1.54, 1.807) is 117 Å². The summed E-state index contributed by atoms with van der Waals surface area (Å²) in [5, 5.41) is 16.3. The molecule has 3 aromatic carbocycles. The normalized spacial score (nSPS) is 17.1. The average Bonchev–Trinajstić information content (AvgIpc) is 3.74. The van der Waals surface area contributed by atoms with Gasteiger partial charge in [0.25, 0.3) is 10.1 Å². The van der Waals surface area contributed by atoms with E-state index in [2.05, 4.69) is 26.6 Å². The second kappa shape index (κ2) is 26.7. The summed E-state index contributed by atoms with van der Waals surface area (Å²) >= 11 is 8.31. The highest BCUT2D eigenvalue weighted by Gasteiger charge is 2.35. The van der Waals surface area contributed by atoms with Gasteiger partial charge >= 0.3 is 18.3 Å². The van der Waals surface area contributed by atoms with E-state index in [1.807, 2.05) is 6.07 Å². The van der Waals surface area contributed by atoms with E-state index in [0.29, 0.717) is 67.9 Å². The summed E-state index contributed by atoms with van der Waals surface area (Å²) in [4.78, 5) is 90.5. The van der Waals surface area contributed by atoms with Gasteiger partial charge in [-0.1, -0.05) is 65.8 Å². The van der Waals surface area contributed by atoms with Crippen molar-refractivity contribution in [3.63, 3.8) is 0 Å². The lowest BCUT2D eigenvalue weighted by Crippen LogP contribution is -2.57. The van der Waals surface area contributed by atoms with Crippen LogP contribution in [-0.4, -0.2) is 118 Å². The van der Waals surface area contributed by atoms with Crippen molar-refractivity contribution >= 4 is 80.4 Å². The number of nitrogens with one attached hydrogen (secondary N) is 5. The smallest absolute Gasteiger partial charge is 0.419 e. The highest BCUT2D eigenvalue weighted by atomic mass is 35.5. The topological polar surface area (TPSA) is 266 Å². The Balaban J connectivity index is 1.47. The van der Waals surface area contributed by atoms with Gasteiger partial charge in [0.1, 0.15) is 33.9 Å². The van der Waals surface area contributed by atoms with Crippen LogP contribution in [0.4, 0.5) is 14.4 Å². The van der Waals surface area contributed by atoms with Gasteiger partial charge in [-0.3, -0.25) is 23.5 Å². The van der Waals surface area contributed by atoms with E-state index in [-0.39, 0.29) is 55.4 Å². The monoisotopic (exact) mass is 1160 g/mol. The molecule has 23 heteroatoms. The van der Waals surface area contributed by atoms with Crippen LogP contribution in [0.25, 0.3) is 22.0 Å². The number of aromatic nitrogens is 2. The lowest BCUT2D eigenvalue weighted by atomic mass is 9.98. The summed E-state index contributed by atoms with van der Waals surface area (Å²) in [5.41, 5.74) is 0.942. The van der Waals surface area contributed by atoms with E-state index in [4.69, 9.17) is 30.8 Å². The molecule has 5 aromatic rings. The Morgan fingerprint density at radius 2 is 1.40 bits per heavy atom. The van der Waals surface area contributed by atoms with Gasteiger partial charge < -0.3 is 45.7 Å². The molecule has 6 rings (SSSR count). The number of carbonyl (C=O) groups is 6. The van der Waals surface area contributed by atoms with Crippen LogP contribution in [0.15, 0.2) is 100 Å². The SMILES string of the molecule is CN1C(=O)[C@H](CCCCNC(=O)OC(C)(C)C)NC(=O)[C@H](CCCNC(=O)OC(C)(C)C)NCc2cccnc2Sc2c(Cl)ccc(-c3ccc(S(=O)(=O)O)cc3)c2CNC(=O)[C@@H]1Cc1cn(C(=O)OC(C)(C)C)c2ccccc12. The highest BCUT2D eigenvalue weighted by Crippen LogP contribution is 2.41. The van der Waals surface area contributed by atoms with E-state index >= 15 is 9.59 Å². The zero-order valence-electron chi connectivity index (χ0n) is 46.9. The first-order valence-corrected chi connectivity index (χ1v) is 29.0. The Bertz CT molecular complexity index is 3170. The largest absolute Gasteiger partial charge is 0.444 e. The predicted molar refractivity (Wildman–Crippen MR) is 305 cm³/mol. The second-order valence-electron chi connectivity index (χ2n) is 22.4. The fourth-order valence-electron chi connectivity index (χ4n) is 8.77. The number of unbranched alkanes of at least 4 members (excludes halogenated alkanes) is 1. The van der Waals surface area contributed by atoms with Crippen LogP contribution >= 0.6 is 23.4 Å². The van der Waals surface area contributed by atoms with Crippen LogP contribution in [0.2, 0.25) is 5.02 Å². The van der Waals surface area contributed by atoms with Crippen LogP contribution in [0.3, 0.4) is 0 Å². The number of likely N-dealkylation sites (N-methyl/N-ethyl adjacent to an activating group) is 1. The highest BCUT2D eigenvalue weighted by molar-refractivity contribution is 7.99. The number of ether oxygens (including phenoxy) is 3. The maximum atomic E-state index is 15.3. The van der Waals surface area contributed by atoms with Crippen LogP contribution in [0, 0.1) is 0 Å². The third kappa shape index (κ3) is 17.9. The number of pyridine rings is 1. The summed E-state index contributed by atoms with van der Waals surface area (Å²) in [5.74, 6) is -1.77. The minimum atomic E-state index is -4.54. The summed E-state index contributed by atoms with van der Waals surface area (Å²) < 4.78 is 52.0. The molecule has 2 aromatic heterocycles. The van der Waals surface area contributed by atoms with Crippen LogP contribution in [0.5, 0.6) is 0 Å². The number of nitrogens with zero attached hydrogens (tertiary/aromatic N) is 3. The number of carbonyl (C=O) groups excluding carboxylic acids is 6. The van der Waals surface area contributed by atoms with Crippen molar-refractivity contribution < 1.29 is 55.9 Å². The van der Waals surface area contributed by atoms with Crippen molar-refractivity contribution in [3.05, 3.63) is 107 Å². The number of benzene rings is 3. The number of alkyl carbamates (subject to hydrolysis) is 2. The van der Waals surface area contributed by atoms with Gasteiger partial charge in [0.2, 0.25) is 17.7 Å². The van der Waals surface area contributed by atoms with Gasteiger partial charge in [0, 0.05) is 62.3 Å². The lowest BCUT2D eigenvalue weighted by molar-refractivity contribution is -0.142. The number of halogens is 1. The predicted octanol–water partition coefficient (Wildman–Crippen LogP) is 9.18. The molecule has 1 aliphatic heterocycles. The van der Waals surface area contributed by atoms with Gasteiger partial charge in [-0.2, -0.15) is 8.42 Å². The first kappa shape index (κ1) is 62.5. The molecule has 1 aliphatic rings. The van der Waals surface area contributed by atoms with E-state index in [0.717, 1.165) is 0 Å². The Labute approximate surface area is 476 Å². The fourth-order valence-corrected chi connectivity index (χ4v) is 10.6. The Morgan fingerprint density at radius 1 is 0.775 bits per heavy atom. The van der Waals surface area contributed by atoms with Gasteiger partial charge in [0.15, 0.2) is 0 Å². The van der Waals surface area contributed by atoms with Crippen molar-refractivity contribution in [1.82, 2.24) is 41.0 Å². The summed E-state index contributed by atoms with van der Waals surface area (Å²) in [7, 11) is -3.07. The van der Waals surface area contributed by atoms with Crippen molar-refractivity contribution in [2.75, 3.05) is 20.1 Å². The zero-order chi connectivity index (χ0) is 58.7. The maximum Gasteiger partial charge on any atom is 0.419 e. The molecule has 0 radical (unpaired) electrons. The number of para-hydroxylation sites is 1. The molecule has 20 nitrogen and oxygen atoms in total. The minimum Gasteiger partial charge on any atom is -0.444 e. The first-order chi connectivity index (χ1) is 37.5. The molecule has 0 spiro atoms. The molecule has 3 heterocycles. The van der Waals surface area contributed by atoms with Gasteiger partial charge in [-0.05, 0) is 153 Å². The van der Waals surface area contributed by atoms with Crippen LogP contribution < -0.4 is 26.6 Å². The van der Waals surface area contributed by atoms with Crippen molar-refractivity contribution in [2.45, 2.75) is 164 Å². The first-order valence-electron chi connectivity index (χ1n) is 26.3. The third-order valence-electron chi connectivity index (χ3n) is 12.5. The Morgan fingerprint density at radius 3 is 2.04 bits per heavy atom. The number of hydrogen-bond acceptors (Lipinski definition) is 14. The Kier molecular flexibility index (Phi) is 20.9. The van der Waals surface area contributed by atoms with Crippen LogP contribution in [-0.2, 0) is 58.2 Å². The second-order valence-corrected chi connectivity index (χ2v) is 25.2. The van der Waals surface area contributed by atoms with E-state index in [1.165, 1.54) is 52.5 Å². The molecule has 0 fully saturated rings. The molecule has 3 atom stereocenters. The van der Waals surface area contributed by atoms with E-state index in [9.17, 15) is 32.1 Å². The standard InChI is InChI=1S/C57H73ClN8O12S2/c1-55(2,3)76-52(70)60-28-14-13-19-44-51(69)65(10)46(31-37-34-66(54(72)78-57(7,8)9)45-21-12-11-18-40(37)45)49(68)63-33-41-39(35-22-24-38(25-23-35)80(73,74)75)26-27-42(58)47(41)79-50-36(17-15-29-59-50)32-62-43(48(67)64-44)20-16-30-61-53(71)77-56(4,5)6/h11-12,15,17-18,21-27,29,34,43-44,46,62H,13-14,16,19-20,28,30-33H2,1-10H3,(H,60,70)(H,61,71)(H,63,68)(H,64,67)(H,73,74,75)/t43-,44-,46-/m0/s1. The Hall–Kier alpha value is -6.72. The number of amides is 5. The summed E-state index contributed by atoms with van der Waals surface area (Å²) in [6.07, 6.45) is 2.47. The molecular formula is C57H73ClN8O12S2. The molecule has 432 valence electrons. The maximum absolute atomic E-state index is 15.3. The van der Waals surface area contributed by atoms with Crippen molar-refractivity contribution in [1.29, 1.82) is 0 Å². The molecule has 0 saturated carbocycles. The van der Waals surface area contributed by atoms with Gasteiger partial charge in [-0.25, -0.2) is 19.4 Å². The summed E-state index contributed by atoms with van der Waals surface area (Å²) in [6, 6.07) is 16.2. The zero-order valence-corrected chi connectivity index (χ0v) is 49.2. The number of fused-ring (bicyclic) bond motifs is 3. The molecule has 0 aliphatic carbocycles. The van der Waals surface area contributed by atoms with E-state index < -0.39 is 81.0 Å². The number of hydrogen-bond donors (Lipinski definition) is 6. The van der Waals surface area contributed by atoms with Gasteiger partial charge in [-0.15, -0.1) is 0 Å². The quantitative estimate of drug-likeness (QED) is 0.0365. The average molecular weight is 1160 g/mol. The van der Waals surface area contributed by atoms with Crippen molar-refractivity contribution in [2.24, 2.45) is 0 Å². The van der Waals surface area contributed by atoms with Crippen LogP contribution in [0.1, 0.15) is 111 Å². The molecule has 80 heavy (non-hydrogen) atoms. The molecule has 0 bridgehead atoms. The molecule has 0 unspecified atom stereocenters. The molecule has 5 amide bonds. The lowest BCUT2D eigenvalue weighted by Gasteiger charge is -2.32. The molecule has 6 N–H and O–H groups in total. The molecular weight excluding hydrogens is 1090 g/mol. The fraction of sp³-hybridized carbons (Fsp3) is 0.456. The summed E-state index contributed by atoms with van der Waals surface area (Å²) in [6.45, 7) is 16.0. The van der Waals surface area contributed by atoms with Crippen molar-refractivity contribution in [3.8, 4) is 11.1 Å². The third-order valence-corrected chi connectivity index (χ3v) is 15.0. The minimum absolute atomic E-state index is 0.0825. The molecule has 0 saturated heterocycles.